The number of rotatable bonds is 7. The molecule has 0 aromatic heterocycles. The van der Waals surface area contributed by atoms with Crippen LogP contribution in [-0.4, -0.2) is 24.5 Å². The van der Waals surface area contributed by atoms with Gasteiger partial charge in [-0.15, -0.1) is 0 Å². The fourth-order valence-electron chi connectivity index (χ4n) is 1.53. The van der Waals surface area contributed by atoms with Gasteiger partial charge in [0.1, 0.15) is 5.75 Å². The van der Waals surface area contributed by atoms with Crippen molar-refractivity contribution in [2.24, 2.45) is 0 Å². The quantitative estimate of drug-likeness (QED) is 0.547. The molecule has 0 atom stereocenters. The van der Waals surface area contributed by atoms with Crippen LogP contribution in [0.5, 0.6) is 5.75 Å². The van der Waals surface area contributed by atoms with Crippen LogP contribution < -0.4 is 4.74 Å². The van der Waals surface area contributed by atoms with Crippen molar-refractivity contribution < 1.29 is 9.53 Å². The lowest BCUT2D eigenvalue weighted by Gasteiger charge is -2.15. The molecule has 0 aliphatic rings. The Bertz CT molecular complexity index is 384. The molecule has 0 N–H and O–H groups in total. The Balaban J connectivity index is 2.49. The maximum atomic E-state index is 11.3. The summed E-state index contributed by atoms with van der Waals surface area (Å²) in [6.07, 6.45) is 3.52. The Kier molecular flexibility index (Phi) is 5.98. The van der Waals surface area contributed by atoms with Gasteiger partial charge >= 0.3 is 0 Å². The van der Waals surface area contributed by atoms with Crippen LogP contribution in [0.15, 0.2) is 36.9 Å². The molecule has 0 aliphatic carbocycles. The van der Waals surface area contributed by atoms with Crippen molar-refractivity contribution in [1.29, 1.82) is 0 Å². The van der Waals surface area contributed by atoms with Gasteiger partial charge in [0.2, 0.25) is 5.91 Å². The monoisotopic (exact) mass is 247 g/mol. The predicted octanol–water partition coefficient (Wildman–Crippen LogP) is 3.01. The van der Waals surface area contributed by atoms with Crippen molar-refractivity contribution in [2.45, 2.75) is 26.3 Å². The number of hydrogen-bond acceptors (Lipinski definition) is 2. The lowest BCUT2D eigenvalue weighted by Crippen LogP contribution is -2.23. The van der Waals surface area contributed by atoms with Crippen molar-refractivity contribution in [3.63, 3.8) is 0 Å². The van der Waals surface area contributed by atoms with Crippen molar-refractivity contribution in [2.75, 3.05) is 13.7 Å². The summed E-state index contributed by atoms with van der Waals surface area (Å²) in [6, 6.07) is 7.84. The average molecular weight is 247 g/mol. The smallest absolute Gasteiger partial charge is 0.245 e. The summed E-state index contributed by atoms with van der Waals surface area (Å²) in [5, 5.41) is 0. The molecule has 98 valence electrons. The van der Waals surface area contributed by atoms with E-state index in [1.54, 1.807) is 11.9 Å². The molecule has 1 amide bonds. The number of unbranched alkanes of at least 4 members (excludes halogenated alkanes) is 1. The maximum Gasteiger partial charge on any atom is 0.245 e. The summed E-state index contributed by atoms with van der Waals surface area (Å²) in [5.41, 5.74) is 1.08. The third kappa shape index (κ3) is 4.62. The molecule has 1 rings (SSSR count). The Morgan fingerprint density at radius 1 is 1.39 bits per heavy atom. The molecule has 1 aromatic rings. The van der Waals surface area contributed by atoms with Crippen LogP contribution in [0.25, 0.3) is 0 Å². The van der Waals surface area contributed by atoms with Gasteiger partial charge in [-0.3, -0.25) is 4.79 Å². The van der Waals surface area contributed by atoms with E-state index in [1.165, 1.54) is 6.08 Å². The molecule has 0 saturated carbocycles. The van der Waals surface area contributed by atoms with Gasteiger partial charge in [0, 0.05) is 13.6 Å². The average Bonchev–Trinajstić information content (AvgIpc) is 2.40. The number of amides is 1. The van der Waals surface area contributed by atoms with Gasteiger partial charge in [0.25, 0.3) is 0 Å². The zero-order valence-electron chi connectivity index (χ0n) is 11.2. The molecule has 0 heterocycles. The first-order chi connectivity index (χ1) is 8.67. The Morgan fingerprint density at radius 3 is 2.61 bits per heavy atom. The van der Waals surface area contributed by atoms with E-state index in [0.29, 0.717) is 6.54 Å². The predicted molar refractivity (Wildman–Crippen MR) is 73.5 cm³/mol. The number of carbonyl (C=O) groups excluding carboxylic acids is 1. The molecular weight excluding hydrogens is 226 g/mol. The molecule has 0 spiro atoms. The fraction of sp³-hybridized carbons (Fsp3) is 0.400. The third-order valence-electron chi connectivity index (χ3n) is 2.66. The molecular formula is C15H21NO2. The van der Waals surface area contributed by atoms with E-state index in [-0.39, 0.29) is 5.91 Å². The lowest BCUT2D eigenvalue weighted by molar-refractivity contribution is -0.125. The van der Waals surface area contributed by atoms with Gasteiger partial charge < -0.3 is 9.64 Å². The van der Waals surface area contributed by atoms with Crippen LogP contribution in [0, 0.1) is 0 Å². The summed E-state index contributed by atoms with van der Waals surface area (Å²) in [6.45, 7) is 6.94. The van der Waals surface area contributed by atoms with Crippen LogP contribution in [0.1, 0.15) is 25.3 Å². The van der Waals surface area contributed by atoms with E-state index >= 15 is 0 Å². The Labute approximate surface area is 109 Å². The molecule has 0 radical (unpaired) electrons. The van der Waals surface area contributed by atoms with Gasteiger partial charge in [0.05, 0.1) is 6.61 Å². The topological polar surface area (TPSA) is 29.5 Å². The van der Waals surface area contributed by atoms with Crippen LogP contribution in [0.3, 0.4) is 0 Å². The van der Waals surface area contributed by atoms with Crippen molar-refractivity contribution in [3.05, 3.63) is 42.5 Å². The van der Waals surface area contributed by atoms with E-state index in [2.05, 4.69) is 13.5 Å². The summed E-state index contributed by atoms with van der Waals surface area (Å²) < 4.78 is 5.58. The first kappa shape index (κ1) is 14.3. The number of likely N-dealkylation sites (N-methyl/N-ethyl adjacent to an activating group) is 1. The number of hydrogen-bond donors (Lipinski definition) is 0. The van der Waals surface area contributed by atoms with Crippen molar-refractivity contribution in [3.8, 4) is 5.75 Å². The van der Waals surface area contributed by atoms with Gasteiger partial charge in [-0.1, -0.05) is 32.1 Å². The lowest BCUT2D eigenvalue weighted by atomic mass is 10.2. The highest BCUT2D eigenvalue weighted by Crippen LogP contribution is 2.13. The van der Waals surface area contributed by atoms with Gasteiger partial charge in [0.15, 0.2) is 0 Å². The van der Waals surface area contributed by atoms with E-state index in [0.717, 1.165) is 30.8 Å². The number of ether oxygens (including phenoxy) is 1. The van der Waals surface area contributed by atoms with Gasteiger partial charge in [-0.25, -0.2) is 0 Å². The van der Waals surface area contributed by atoms with E-state index in [9.17, 15) is 4.79 Å². The third-order valence-corrected chi connectivity index (χ3v) is 2.66. The van der Waals surface area contributed by atoms with Crippen LogP contribution in [0.4, 0.5) is 0 Å². The molecule has 0 unspecified atom stereocenters. The van der Waals surface area contributed by atoms with Crippen molar-refractivity contribution in [1.82, 2.24) is 4.90 Å². The minimum atomic E-state index is -0.0710. The summed E-state index contributed by atoms with van der Waals surface area (Å²) in [4.78, 5) is 13.0. The number of carbonyl (C=O) groups is 1. The first-order valence-corrected chi connectivity index (χ1v) is 6.26. The molecule has 18 heavy (non-hydrogen) atoms. The fourth-order valence-corrected chi connectivity index (χ4v) is 1.53. The molecule has 1 aromatic carbocycles. The zero-order chi connectivity index (χ0) is 13.4. The number of benzene rings is 1. The molecule has 3 heteroatoms. The second-order valence-electron chi connectivity index (χ2n) is 4.24. The van der Waals surface area contributed by atoms with E-state index < -0.39 is 0 Å². The molecule has 0 aliphatic heterocycles. The SMILES string of the molecule is C=CC(=O)N(C)Cc1ccc(OCCCC)cc1. The molecule has 0 bridgehead atoms. The highest BCUT2D eigenvalue weighted by molar-refractivity contribution is 5.86. The van der Waals surface area contributed by atoms with Crippen LogP contribution >= 0.6 is 0 Å². The second-order valence-corrected chi connectivity index (χ2v) is 4.24. The standard InChI is InChI=1S/C15H21NO2/c1-4-6-11-18-14-9-7-13(8-10-14)12-16(3)15(17)5-2/h5,7-10H,2,4,6,11-12H2,1,3H3. The highest BCUT2D eigenvalue weighted by Gasteiger charge is 2.04. The largest absolute Gasteiger partial charge is 0.494 e. The molecule has 0 fully saturated rings. The first-order valence-electron chi connectivity index (χ1n) is 6.26. The van der Waals surface area contributed by atoms with Crippen molar-refractivity contribution >= 4 is 5.91 Å². The number of nitrogens with zero attached hydrogens (tertiary/aromatic N) is 1. The second kappa shape index (κ2) is 7.54. The maximum absolute atomic E-state index is 11.3. The van der Waals surface area contributed by atoms with Crippen LogP contribution in [0.2, 0.25) is 0 Å². The minimum absolute atomic E-state index is 0.0710. The van der Waals surface area contributed by atoms with Crippen LogP contribution in [-0.2, 0) is 11.3 Å². The minimum Gasteiger partial charge on any atom is -0.494 e. The van der Waals surface area contributed by atoms with Gasteiger partial charge in [-0.05, 0) is 30.2 Å². The van der Waals surface area contributed by atoms with Gasteiger partial charge in [-0.2, -0.15) is 0 Å². The summed E-state index contributed by atoms with van der Waals surface area (Å²) in [5.74, 6) is 0.808. The van der Waals surface area contributed by atoms with E-state index in [1.807, 2.05) is 24.3 Å². The molecule has 0 saturated heterocycles. The Morgan fingerprint density at radius 2 is 2.06 bits per heavy atom. The normalized spacial score (nSPS) is 9.89. The summed E-state index contributed by atoms with van der Waals surface area (Å²) in [7, 11) is 1.76. The van der Waals surface area contributed by atoms with E-state index in [4.69, 9.17) is 4.74 Å². The Hall–Kier alpha value is -1.77. The molecule has 3 nitrogen and oxygen atoms in total. The summed E-state index contributed by atoms with van der Waals surface area (Å²) >= 11 is 0. The zero-order valence-corrected chi connectivity index (χ0v) is 11.2. The highest BCUT2D eigenvalue weighted by atomic mass is 16.5.